The summed E-state index contributed by atoms with van der Waals surface area (Å²) in [6.45, 7) is 11.2. The number of anilines is 1. The zero-order valence-electron chi connectivity index (χ0n) is 19.1. The average Bonchev–Trinajstić information content (AvgIpc) is 3.27. The molecule has 1 amide bonds. The number of nitrogens with zero attached hydrogens (tertiary/aromatic N) is 4. The van der Waals surface area contributed by atoms with Gasteiger partial charge in [-0.3, -0.25) is 14.4 Å². The van der Waals surface area contributed by atoms with Crippen LogP contribution >= 0.6 is 22.9 Å². The molecule has 2 heterocycles. The normalized spacial score (nSPS) is 11.3. The van der Waals surface area contributed by atoms with Crippen LogP contribution < -0.4 is 4.90 Å². The summed E-state index contributed by atoms with van der Waals surface area (Å²) in [6.07, 6.45) is 0.334. The Balaban J connectivity index is 1.68. The SMILES string of the molecule is Cc1ccc(C)c(CC(=O)N(CCn2nc(C)cc2C)c2nc3c(C)cc(Cl)cc3s2)c1. The van der Waals surface area contributed by atoms with Gasteiger partial charge in [-0.1, -0.05) is 46.7 Å². The highest BCUT2D eigenvalue weighted by molar-refractivity contribution is 7.22. The van der Waals surface area contributed by atoms with Crippen molar-refractivity contribution in [3.8, 4) is 0 Å². The minimum atomic E-state index is 0.0306. The maximum Gasteiger partial charge on any atom is 0.233 e. The maximum atomic E-state index is 13.6. The van der Waals surface area contributed by atoms with Gasteiger partial charge in [0.2, 0.25) is 5.91 Å². The molecule has 0 aliphatic rings. The summed E-state index contributed by atoms with van der Waals surface area (Å²) in [7, 11) is 0. The van der Waals surface area contributed by atoms with E-state index >= 15 is 0 Å². The predicted octanol–water partition coefficient (Wildman–Crippen LogP) is 5.96. The Kier molecular flexibility index (Phi) is 6.35. The number of carbonyl (C=O) groups excluding carboxylic acids is 1. The van der Waals surface area contributed by atoms with Gasteiger partial charge in [0.05, 0.1) is 28.9 Å². The Labute approximate surface area is 197 Å². The molecular formula is C25H27ClN4OS. The molecule has 5 nitrogen and oxygen atoms in total. The molecule has 32 heavy (non-hydrogen) atoms. The molecular weight excluding hydrogens is 440 g/mol. The molecule has 0 saturated heterocycles. The molecule has 0 aliphatic heterocycles. The number of aromatic nitrogens is 3. The fourth-order valence-corrected chi connectivity index (χ4v) is 5.39. The molecule has 0 atom stereocenters. The molecule has 0 spiro atoms. The van der Waals surface area contributed by atoms with E-state index < -0.39 is 0 Å². The zero-order chi connectivity index (χ0) is 23.0. The van der Waals surface area contributed by atoms with Crippen LogP contribution in [-0.4, -0.2) is 27.2 Å². The molecule has 7 heteroatoms. The first-order valence-corrected chi connectivity index (χ1v) is 11.8. The van der Waals surface area contributed by atoms with Crippen LogP contribution in [0, 0.1) is 34.6 Å². The van der Waals surface area contributed by atoms with E-state index in [1.807, 2.05) is 57.5 Å². The van der Waals surface area contributed by atoms with Crippen molar-refractivity contribution in [3.63, 3.8) is 0 Å². The number of rotatable bonds is 6. The quantitative estimate of drug-likeness (QED) is 0.352. The lowest BCUT2D eigenvalue weighted by atomic mass is 10.0. The van der Waals surface area contributed by atoms with Gasteiger partial charge >= 0.3 is 0 Å². The molecule has 0 fully saturated rings. The minimum Gasteiger partial charge on any atom is -0.286 e. The third-order valence-electron chi connectivity index (χ3n) is 5.66. The number of benzene rings is 2. The van der Waals surface area contributed by atoms with Gasteiger partial charge in [0.1, 0.15) is 0 Å². The highest BCUT2D eigenvalue weighted by Crippen LogP contribution is 2.33. The van der Waals surface area contributed by atoms with Crippen molar-refractivity contribution >= 4 is 44.2 Å². The Hall–Kier alpha value is -2.70. The van der Waals surface area contributed by atoms with Crippen LogP contribution in [0.3, 0.4) is 0 Å². The summed E-state index contributed by atoms with van der Waals surface area (Å²) in [5.74, 6) is 0.0306. The van der Waals surface area contributed by atoms with E-state index in [0.717, 1.165) is 43.9 Å². The van der Waals surface area contributed by atoms with E-state index in [0.29, 0.717) is 29.7 Å². The maximum absolute atomic E-state index is 13.6. The van der Waals surface area contributed by atoms with Gasteiger partial charge in [-0.25, -0.2) is 4.98 Å². The van der Waals surface area contributed by atoms with E-state index in [-0.39, 0.29) is 5.91 Å². The molecule has 4 rings (SSSR count). The van der Waals surface area contributed by atoms with Gasteiger partial charge in [0.15, 0.2) is 5.13 Å². The van der Waals surface area contributed by atoms with E-state index in [1.165, 1.54) is 11.3 Å². The number of hydrogen-bond donors (Lipinski definition) is 0. The standard InChI is InChI=1S/C25H27ClN4OS/c1-15-6-7-16(2)20(10-15)13-23(31)29(8-9-30-19(5)12-18(4)28-30)25-27-24-17(3)11-21(26)14-22(24)32-25/h6-7,10-12,14H,8-9,13H2,1-5H3. The largest absolute Gasteiger partial charge is 0.286 e. The number of carbonyl (C=O) groups is 1. The molecule has 0 N–H and O–H groups in total. The van der Waals surface area contributed by atoms with E-state index in [9.17, 15) is 4.79 Å². The second-order valence-corrected chi connectivity index (χ2v) is 9.81. The number of fused-ring (bicyclic) bond motifs is 1. The first-order valence-electron chi connectivity index (χ1n) is 10.7. The van der Waals surface area contributed by atoms with Crippen LogP contribution in [0.4, 0.5) is 5.13 Å². The Morgan fingerprint density at radius 3 is 2.56 bits per heavy atom. The number of amides is 1. The van der Waals surface area contributed by atoms with E-state index in [4.69, 9.17) is 16.6 Å². The summed E-state index contributed by atoms with van der Waals surface area (Å²) in [6, 6.07) is 12.1. The van der Waals surface area contributed by atoms with Crippen molar-refractivity contribution in [2.75, 3.05) is 11.4 Å². The number of thiazole rings is 1. The van der Waals surface area contributed by atoms with Crippen molar-refractivity contribution in [2.24, 2.45) is 0 Å². The lowest BCUT2D eigenvalue weighted by Gasteiger charge is -2.21. The van der Waals surface area contributed by atoms with Crippen LogP contribution in [0.2, 0.25) is 5.02 Å². The lowest BCUT2D eigenvalue weighted by Crippen LogP contribution is -2.35. The molecule has 166 valence electrons. The smallest absolute Gasteiger partial charge is 0.233 e. The number of hydrogen-bond acceptors (Lipinski definition) is 4. The van der Waals surface area contributed by atoms with Crippen LogP contribution in [0.25, 0.3) is 10.2 Å². The Bertz CT molecular complexity index is 1310. The molecule has 2 aromatic heterocycles. The third kappa shape index (κ3) is 4.71. The minimum absolute atomic E-state index is 0.0306. The Morgan fingerprint density at radius 1 is 1.06 bits per heavy atom. The van der Waals surface area contributed by atoms with Crippen molar-refractivity contribution in [1.29, 1.82) is 0 Å². The summed E-state index contributed by atoms with van der Waals surface area (Å²) in [4.78, 5) is 20.2. The van der Waals surface area contributed by atoms with Crippen molar-refractivity contribution in [3.05, 3.63) is 75.1 Å². The lowest BCUT2D eigenvalue weighted by molar-refractivity contribution is -0.118. The second-order valence-electron chi connectivity index (χ2n) is 8.37. The monoisotopic (exact) mass is 466 g/mol. The first-order chi connectivity index (χ1) is 15.2. The third-order valence-corrected chi connectivity index (χ3v) is 6.90. The number of halogens is 1. The van der Waals surface area contributed by atoms with Crippen molar-refractivity contribution in [2.45, 2.75) is 47.6 Å². The van der Waals surface area contributed by atoms with Crippen LogP contribution in [0.15, 0.2) is 36.4 Å². The fraction of sp³-hybridized carbons (Fsp3) is 0.320. The topological polar surface area (TPSA) is 51.0 Å². The van der Waals surface area contributed by atoms with Gasteiger partial charge < -0.3 is 0 Å². The molecule has 0 unspecified atom stereocenters. The molecule has 0 saturated carbocycles. The van der Waals surface area contributed by atoms with Gasteiger partial charge in [0, 0.05) is 17.3 Å². The molecule has 0 bridgehead atoms. The predicted molar refractivity (Wildman–Crippen MR) is 133 cm³/mol. The van der Waals surface area contributed by atoms with Gasteiger partial charge in [-0.15, -0.1) is 0 Å². The van der Waals surface area contributed by atoms with Gasteiger partial charge in [-0.2, -0.15) is 5.10 Å². The van der Waals surface area contributed by atoms with Gasteiger partial charge in [-0.05, 0) is 69.5 Å². The van der Waals surface area contributed by atoms with Crippen molar-refractivity contribution < 1.29 is 4.79 Å². The fourth-order valence-electron chi connectivity index (χ4n) is 3.93. The highest BCUT2D eigenvalue weighted by atomic mass is 35.5. The molecule has 0 radical (unpaired) electrons. The Morgan fingerprint density at radius 2 is 1.84 bits per heavy atom. The van der Waals surface area contributed by atoms with E-state index in [1.54, 1.807) is 4.90 Å². The zero-order valence-corrected chi connectivity index (χ0v) is 20.6. The highest BCUT2D eigenvalue weighted by Gasteiger charge is 2.22. The summed E-state index contributed by atoms with van der Waals surface area (Å²) in [5, 5.41) is 5.94. The van der Waals surface area contributed by atoms with Crippen LogP contribution in [0.5, 0.6) is 0 Å². The van der Waals surface area contributed by atoms with E-state index in [2.05, 4.69) is 23.3 Å². The summed E-state index contributed by atoms with van der Waals surface area (Å²) in [5.41, 5.74) is 7.27. The van der Waals surface area contributed by atoms with Crippen molar-refractivity contribution in [1.82, 2.24) is 14.8 Å². The van der Waals surface area contributed by atoms with Crippen LogP contribution in [-0.2, 0) is 17.8 Å². The summed E-state index contributed by atoms with van der Waals surface area (Å²) < 4.78 is 2.93. The molecule has 2 aromatic carbocycles. The van der Waals surface area contributed by atoms with Gasteiger partial charge in [0.25, 0.3) is 0 Å². The number of aryl methyl sites for hydroxylation is 5. The second kappa shape index (κ2) is 9.04. The first kappa shape index (κ1) is 22.5. The van der Waals surface area contributed by atoms with Crippen LogP contribution in [0.1, 0.15) is 33.6 Å². The average molecular weight is 467 g/mol. The molecule has 0 aliphatic carbocycles. The molecule has 4 aromatic rings. The summed E-state index contributed by atoms with van der Waals surface area (Å²) >= 11 is 7.77.